The van der Waals surface area contributed by atoms with Crippen molar-refractivity contribution < 1.29 is 9.50 Å². The van der Waals surface area contributed by atoms with E-state index in [9.17, 15) is 9.50 Å². The standard InChI is InChI=1S/C16H18ClFN2O/c1-16(9-21)7-2-3-13(16)20-12-5-4-10-11(17)6-8-19-15(10)14(12)18/h4-6,8,13,20-21H,2-3,7,9H2,1H3. The molecule has 21 heavy (non-hydrogen) atoms. The molecule has 2 unspecified atom stereocenters. The summed E-state index contributed by atoms with van der Waals surface area (Å²) in [5.41, 5.74) is 0.489. The molecule has 1 aromatic carbocycles. The SMILES string of the molecule is CC1(CO)CCCC1Nc1ccc2c(Cl)ccnc2c1F. The first-order valence-electron chi connectivity index (χ1n) is 7.15. The normalized spacial score (nSPS) is 25.4. The minimum Gasteiger partial charge on any atom is -0.396 e. The van der Waals surface area contributed by atoms with Crippen molar-refractivity contribution in [2.24, 2.45) is 5.41 Å². The van der Waals surface area contributed by atoms with Crippen molar-refractivity contribution in [3.8, 4) is 0 Å². The van der Waals surface area contributed by atoms with Crippen LogP contribution in [-0.4, -0.2) is 22.7 Å². The van der Waals surface area contributed by atoms with Crippen LogP contribution in [0.5, 0.6) is 0 Å². The smallest absolute Gasteiger partial charge is 0.172 e. The fraction of sp³-hybridized carbons (Fsp3) is 0.438. The molecule has 2 N–H and O–H groups in total. The van der Waals surface area contributed by atoms with Gasteiger partial charge in [-0.05, 0) is 31.0 Å². The molecule has 1 heterocycles. The number of aromatic nitrogens is 1. The van der Waals surface area contributed by atoms with Gasteiger partial charge in [-0.15, -0.1) is 0 Å². The lowest BCUT2D eigenvalue weighted by Crippen LogP contribution is -2.36. The van der Waals surface area contributed by atoms with Gasteiger partial charge in [0.15, 0.2) is 5.82 Å². The fourth-order valence-corrected chi connectivity index (χ4v) is 3.33. The van der Waals surface area contributed by atoms with Crippen LogP contribution < -0.4 is 5.32 Å². The maximum Gasteiger partial charge on any atom is 0.172 e. The molecule has 5 heteroatoms. The summed E-state index contributed by atoms with van der Waals surface area (Å²) in [4.78, 5) is 4.08. The molecule has 0 amide bonds. The van der Waals surface area contributed by atoms with Crippen LogP contribution in [0, 0.1) is 11.2 Å². The zero-order valence-electron chi connectivity index (χ0n) is 11.9. The highest BCUT2D eigenvalue weighted by atomic mass is 35.5. The number of pyridine rings is 1. The van der Waals surface area contributed by atoms with Gasteiger partial charge >= 0.3 is 0 Å². The summed E-state index contributed by atoms with van der Waals surface area (Å²) < 4.78 is 14.6. The van der Waals surface area contributed by atoms with Crippen LogP contribution in [0.1, 0.15) is 26.2 Å². The highest BCUT2D eigenvalue weighted by Crippen LogP contribution is 2.40. The predicted molar refractivity (Wildman–Crippen MR) is 83.2 cm³/mol. The van der Waals surface area contributed by atoms with Crippen LogP contribution in [0.15, 0.2) is 24.4 Å². The number of halogens is 2. The molecule has 2 atom stereocenters. The zero-order chi connectivity index (χ0) is 15.0. The first-order valence-corrected chi connectivity index (χ1v) is 7.53. The number of benzene rings is 1. The van der Waals surface area contributed by atoms with Crippen molar-refractivity contribution in [2.45, 2.75) is 32.2 Å². The summed E-state index contributed by atoms with van der Waals surface area (Å²) in [7, 11) is 0. The molecule has 1 aliphatic rings. The van der Waals surface area contributed by atoms with Crippen molar-refractivity contribution >= 4 is 28.2 Å². The Bertz CT molecular complexity index is 679. The Hall–Kier alpha value is -1.39. The molecular weight excluding hydrogens is 291 g/mol. The number of rotatable bonds is 3. The van der Waals surface area contributed by atoms with Gasteiger partial charge < -0.3 is 10.4 Å². The van der Waals surface area contributed by atoms with E-state index in [0.717, 1.165) is 19.3 Å². The van der Waals surface area contributed by atoms with Crippen LogP contribution >= 0.6 is 11.6 Å². The van der Waals surface area contributed by atoms with Crippen molar-refractivity contribution in [3.63, 3.8) is 0 Å². The van der Waals surface area contributed by atoms with Crippen LogP contribution in [0.25, 0.3) is 10.9 Å². The monoisotopic (exact) mass is 308 g/mol. The second kappa shape index (κ2) is 5.43. The van der Waals surface area contributed by atoms with Gasteiger partial charge in [0, 0.05) is 23.0 Å². The van der Waals surface area contributed by atoms with E-state index in [4.69, 9.17) is 11.6 Å². The van der Waals surface area contributed by atoms with Crippen molar-refractivity contribution in [1.29, 1.82) is 0 Å². The van der Waals surface area contributed by atoms with E-state index in [1.807, 2.05) is 6.92 Å². The predicted octanol–water partition coefficient (Wildman–Crippen LogP) is 3.99. The van der Waals surface area contributed by atoms with Crippen molar-refractivity contribution in [2.75, 3.05) is 11.9 Å². The molecule has 2 aromatic rings. The Morgan fingerprint density at radius 2 is 2.29 bits per heavy atom. The maximum absolute atomic E-state index is 14.6. The number of nitrogens with one attached hydrogen (secondary N) is 1. The highest BCUT2D eigenvalue weighted by molar-refractivity contribution is 6.35. The Kier molecular flexibility index (Phi) is 3.76. The minimum absolute atomic E-state index is 0.0636. The number of anilines is 1. The van der Waals surface area contributed by atoms with Crippen LogP contribution in [-0.2, 0) is 0 Å². The van der Waals surface area contributed by atoms with Crippen LogP contribution in [0.2, 0.25) is 5.02 Å². The van der Waals surface area contributed by atoms with Gasteiger partial charge in [-0.25, -0.2) is 4.39 Å². The van der Waals surface area contributed by atoms with E-state index in [-0.39, 0.29) is 29.4 Å². The van der Waals surface area contributed by atoms with Crippen LogP contribution in [0.3, 0.4) is 0 Å². The molecule has 0 radical (unpaired) electrons. The number of hydrogen-bond donors (Lipinski definition) is 2. The quantitative estimate of drug-likeness (QED) is 0.901. The Morgan fingerprint density at radius 3 is 3.05 bits per heavy atom. The van der Waals surface area contributed by atoms with E-state index in [1.165, 1.54) is 6.20 Å². The molecule has 0 bridgehead atoms. The lowest BCUT2D eigenvalue weighted by atomic mass is 9.85. The van der Waals surface area contributed by atoms with Gasteiger partial charge in [-0.2, -0.15) is 0 Å². The van der Waals surface area contributed by atoms with Gasteiger partial charge in [-0.1, -0.05) is 24.9 Å². The number of aliphatic hydroxyl groups is 1. The van der Waals surface area contributed by atoms with E-state index in [0.29, 0.717) is 16.1 Å². The second-order valence-electron chi connectivity index (χ2n) is 6.02. The lowest BCUT2D eigenvalue weighted by Gasteiger charge is -2.31. The molecule has 0 aliphatic heterocycles. The highest BCUT2D eigenvalue weighted by Gasteiger charge is 2.38. The molecule has 3 nitrogen and oxygen atoms in total. The van der Waals surface area contributed by atoms with Gasteiger partial charge in [0.1, 0.15) is 5.52 Å². The molecule has 1 aliphatic carbocycles. The number of fused-ring (bicyclic) bond motifs is 1. The average molecular weight is 309 g/mol. The molecule has 112 valence electrons. The third kappa shape index (κ3) is 2.47. The Morgan fingerprint density at radius 1 is 1.48 bits per heavy atom. The molecule has 3 rings (SSSR count). The number of hydrogen-bond acceptors (Lipinski definition) is 3. The molecule has 0 spiro atoms. The topological polar surface area (TPSA) is 45.1 Å². The molecular formula is C16H18ClFN2O. The van der Waals surface area contributed by atoms with Gasteiger partial charge in [0.05, 0.1) is 17.3 Å². The summed E-state index contributed by atoms with van der Waals surface area (Å²) >= 11 is 6.06. The van der Waals surface area contributed by atoms with E-state index in [2.05, 4.69) is 10.3 Å². The van der Waals surface area contributed by atoms with E-state index >= 15 is 0 Å². The molecule has 0 saturated heterocycles. The van der Waals surface area contributed by atoms with Crippen molar-refractivity contribution in [1.82, 2.24) is 4.98 Å². The van der Waals surface area contributed by atoms with Crippen LogP contribution in [0.4, 0.5) is 10.1 Å². The van der Waals surface area contributed by atoms with Gasteiger partial charge in [-0.3, -0.25) is 4.98 Å². The maximum atomic E-state index is 14.6. The summed E-state index contributed by atoms with van der Waals surface area (Å²) in [6.45, 7) is 2.13. The van der Waals surface area contributed by atoms with Crippen molar-refractivity contribution in [3.05, 3.63) is 35.2 Å². The number of nitrogens with zero attached hydrogens (tertiary/aromatic N) is 1. The summed E-state index contributed by atoms with van der Waals surface area (Å²) in [6, 6.07) is 5.19. The van der Waals surface area contributed by atoms with Gasteiger partial charge in [0.2, 0.25) is 0 Å². The first kappa shape index (κ1) is 14.5. The lowest BCUT2D eigenvalue weighted by molar-refractivity contribution is 0.139. The molecule has 1 saturated carbocycles. The van der Waals surface area contributed by atoms with Gasteiger partial charge in [0.25, 0.3) is 0 Å². The summed E-state index contributed by atoms with van der Waals surface area (Å²) in [5, 5.41) is 13.9. The summed E-state index contributed by atoms with van der Waals surface area (Å²) in [5.74, 6) is -0.387. The first-order chi connectivity index (χ1) is 10.0. The third-order valence-corrected chi connectivity index (χ3v) is 4.90. The largest absolute Gasteiger partial charge is 0.396 e. The zero-order valence-corrected chi connectivity index (χ0v) is 12.6. The Labute approximate surface area is 128 Å². The second-order valence-corrected chi connectivity index (χ2v) is 6.42. The fourth-order valence-electron chi connectivity index (χ4n) is 3.12. The Balaban J connectivity index is 1.97. The molecule has 1 fully saturated rings. The number of aliphatic hydroxyl groups excluding tert-OH is 1. The molecule has 1 aromatic heterocycles. The van der Waals surface area contributed by atoms with E-state index in [1.54, 1.807) is 18.2 Å². The minimum atomic E-state index is -0.387. The van der Waals surface area contributed by atoms with E-state index < -0.39 is 0 Å². The average Bonchev–Trinajstić information content (AvgIpc) is 2.84. The third-order valence-electron chi connectivity index (χ3n) is 4.57. The summed E-state index contributed by atoms with van der Waals surface area (Å²) in [6.07, 6.45) is 4.41.